The summed E-state index contributed by atoms with van der Waals surface area (Å²) in [6, 6.07) is -0.0553. The Morgan fingerprint density at radius 3 is 2.56 bits per heavy atom. The van der Waals surface area contributed by atoms with Crippen LogP contribution in [0.3, 0.4) is 0 Å². The molecule has 1 saturated heterocycles. The quantitative estimate of drug-likeness (QED) is 0.835. The zero-order chi connectivity index (χ0) is 13.9. The van der Waals surface area contributed by atoms with Gasteiger partial charge in [0.15, 0.2) is 0 Å². The molecular weight excluding hydrogens is 232 g/mol. The lowest BCUT2D eigenvalue weighted by molar-refractivity contribution is -0.147. The second-order valence-electron chi connectivity index (χ2n) is 5.71. The molecule has 0 aromatic rings. The minimum Gasteiger partial charge on any atom is -0.481 e. The number of hydrogen-bond acceptors (Lipinski definition) is 2. The number of rotatable bonds is 4. The zero-order valence-corrected chi connectivity index (χ0v) is 11.8. The van der Waals surface area contributed by atoms with Crippen molar-refractivity contribution in [2.45, 2.75) is 33.6 Å². The first-order chi connectivity index (χ1) is 8.30. The van der Waals surface area contributed by atoms with Crippen LogP contribution in [-0.2, 0) is 4.79 Å². The Kier molecular flexibility index (Phi) is 4.59. The van der Waals surface area contributed by atoms with Gasteiger partial charge in [-0.25, -0.2) is 4.79 Å². The van der Waals surface area contributed by atoms with Gasteiger partial charge in [0.05, 0.1) is 5.41 Å². The number of carboxylic acids is 1. The highest BCUT2D eigenvalue weighted by atomic mass is 16.4. The fourth-order valence-corrected chi connectivity index (χ4v) is 2.22. The van der Waals surface area contributed by atoms with Gasteiger partial charge in [-0.2, -0.15) is 0 Å². The summed E-state index contributed by atoms with van der Waals surface area (Å²) in [4.78, 5) is 26.6. The molecule has 104 valence electrons. The van der Waals surface area contributed by atoms with Crippen LogP contribution in [-0.4, -0.2) is 53.6 Å². The summed E-state index contributed by atoms with van der Waals surface area (Å²) in [6.07, 6.45) is 1.57. The first-order valence-corrected chi connectivity index (χ1v) is 6.53. The molecule has 2 atom stereocenters. The van der Waals surface area contributed by atoms with E-state index in [1.165, 1.54) is 0 Å². The van der Waals surface area contributed by atoms with E-state index in [1.807, 2.05) is 0 Å². The average Bonchev–Trinajstić information content (AvgIpc) is 2.72. The van der Waals surface area contributed by atoms with E-state index < -0.39 is 11.4 Å². The van der Waals surface area contributed by atoms with Crippen molar-refractivity contribution in [1.29, 1.82) is 0 Å². The van der Waals surface area contributed by atoms with Crippen molar-refractivity contribution in [3.63, 3.8) is 0 Å². The normalized spacial score (nSPS) is 25.0. The van der Waals surface area contributed by atoms with Crippen molar-refractivity contribution in [3.05, 3.63) is 0 Å². The third kappa shape index (κ3) is 3.15. The second-order valence-corrected chi connectivity index (χ2v) is 5.71. The molecule has 5 heteroatoms. The average molecular weight is 256 g/mol. The van der Waals surface area contributed by atoms with Gasteiger partial charge in [-0.15, -0.1) is 0 Å². The Morgan fingerprint density at radius 2 is 2.11 bits per heavy atom. The van der Waals surface area contributed by atoms with Crippen LogP contribution in [0.4, 0.5) is 4.79 Å². The summed E-state index contributed by atoms with van der Waals surface area (Å²) in [5.74, 6) is -0.352. The van der Waals surface area contributed by atoms with E-state index in [-0.39, 0.29) is 6.03 Å². The number of urea groups is 1. The summed E-state index contributed by atoms with van der Waals surface area (Å²) < 4.78 is 0. The summed E-state index contributed by atoms with van der Waals surface area (Å²) in [5.41, 5.74) is -0.785. The molecule has 0 radical (unpaired) electrons. The molecule has 1 aliphatic rings. The molecule has 0 spiro atoms. The van der Waals surface area contributed by atoms with Crippen LogP contribution in [0.25, 0.3) is 0 Å². The SMILES string of the molecule is CCC(C)CN(C)C(=O)N1CCC(C)(C(=O)O)C1. The second kappa shape index (κ2) is 5.59. The van der Waals surface area contributed by atoms with Crippen LogP contribution in [0.1, 0.15) is 33.6 Å². The fourth-order valence-electron chi connectivity index (χ4n) is 2.22. The molecule has 2 unspecified atom stereocenters. The predicted molar refractivity (Wildman–Crippen MR) is 69.4 cm³/mol. The first kappa shape index (κ1) is 14.8. The third-order valence-electron chi connectivity index (χ3n) is 3.87. The topological polar surface area (TPSA) is 60.9 Å². The number of carbonyl (C=O) groups excluding carboxylic acids is 1. The highest BCUT2D eigenvalue weighted by molar-refractivity contribution is 5.79. The molecule has 0 bridgehead atoms. The van der Waals surface area contributed by atoms with Crippen LogP contribution in [0.5, 0.6) is 0 Å². The summed E-state index contributed by atoms with van der Waals surface area (Å²) in [7, 11) is 1.78. The van der Waals surface area contributed by atoms with Crippen molar-refractivity contribution in [2.75, 3.05) is 26.7 Å². The molecule has 0 saturated carbocycles. The van der Waals surface area contributed by atoms with E-state index in [4.69, 9.17) is 5.11 Å². The van der Waals surface area contributed by atoms with E-state index in [1.54, 1.807) is 23.8 Å². The largest absolute Gasteiger partial charge is 0.481 e. The molecule has 1 aliphatic heterocycles. The number of carboxylic acid groups (broad SMARTS) is 1. The van der Waals surface area contributed by atoms with Gasteiger partial charge >= 0.3 is 12.0 Å². The van der Waals surface area contributed by atoms with E-state index in [0.717, 1.165) is 13.0 Å². The minimum atomic E-state index is -0.817. The van der Waals surface area contributed by atoms with Crippen LogP contribution in [0.15, 0.2) is 0 Å². The molecule has 0 aliphatic carbocycles. The molecule has 0 aromatic carbocycles. The zero-order valence-electron chi connectivity index (χ0n) is 11.8. The number of amides is 2. The van der Waals surface area contributed by atoms with Gasteiger partial charge in [-0.05, 0) is 19.3 Å². The number of likely N-dealkylation sites (tertiary alicyclic amines) is 1. The first-order valence-electron chi connectivity index (χ1n) is 6.53. The Morgan fingerprint density at radius 1 is 1.50 bits per heavy atom. The number of carbonyl (C=O) groups is 2. The van der Waals surface area contributed by atoms with Crippen molar-refractivity contribution < 1.29 is 14.7 Å². The molecular formula is C13H24N2O3. The van der Waals surface area contributed by atoms with Gasteiger partial charge in [0.1, 0.15) is 0 Å². The lowest BCUT2D eigenvalue weighted by Gasteiger charge is -2.27. The minimum absolute atomic E-state index is 0.0553. The van der Waals surface area contributed by atoms with E-state index in [0.29, 0.717) is 25.4 Å². The van der Waals surface area contributed by atoms with Crippen LogP contribution in [0, 0.1) is 11.3 Å². The van der Waals surface area contributed by atoms with Crippen molar-refractivity contribution in [2.24, 2.45) is 11.3 Å². The predicted octanol–water partition coefficient (Wildman–Crippen LogP) is 1.88. The molecule has 5 nitrogen and oxygen atoms in total. The summed E-state index contributed by atoms with van der Waals surface area (Å²) in [5, 5.41) is 9.14. The monoisotopic (exact) mass is 256 g/mol. The molecule has 1 N–H and O–H groups in total. The van der Waals surface area contributed by atoms with E-state index in [2.05, 4.69) is 13.8 Å². The summed E-state index contributed by atoms with van der Waals surface area (Å²) in [6.45, 7) is 7.47. The fraction of sp³-hybridized carbons (Fsp3) is 0.846. The number of nitrogens with zero attached hydrogens (tertiary/aromatic N) is 2. The standard InChI is InChI=1S/C13H24N2O3/c1-5-10(2)8-14(4)12(18)15-7-6-13(3,9-15)11(16)17/h10H,5-9H2,1-4H3,(H,16,17). The van der Waals surface area contributed by atoms with Gasteiger partial charge in [-0.3, -0.25) is 4.79 Å². The van der Waals surface area contributed by atoms with Gasteiger partial charge in [0, 0.05) is 26.7 Å². The number of hydrogen-bond donors (Lipinski definition) is 1. The molecule has 1 rings (SSSR count). The van der Waals surface area contributed by atoms with Gasteiger partial charge in [-0.1, -0.05) is 20.3 Å². The van der Waals surface area contributed by atoms with E-state index >= 15 is 0 Å². The Labute approximate surface area is 109 Å². The maximum absolute atomic E-state index is 12.2. The molecule has 18 heavy (non-hydrogen) atoms. The van der Waals surface area contributed by atoms with Gasteiger partial charge in [0.25, 0.3) is 0 Å². The lowest BCUT2D eigenvalue weighted by atomic mass is 9.90. The Balaban J connectivity index is 2.57. The van der Waals surface area contributed by atoms with Crippen LogP contribution >= 0.6 is 0 Å². The lowest BCUT2D eigenvalue weighted by Crippen LogP contribution is -2.43. The third-order valence-corrected chi connectivity index (χ3v) is 3.87. The van der Waals surface area contributed by atoms with E-state index in [9.17, 15) is 9.59 Å². The molecule has 0 aromatic heterocycles. The van der Waals surface area contributed by atoms with Crippen molar-refractivity contribution >= 4 is 12.0 Å². The summed E-state index contributed by atoms with van der Waals surface area (Å²) >= 11 is 0. The maximum atomic E-state index is 12.2. The maximum Gasteiger partial charge on any atom is 0.319 e. The Hall–Kier alpha value is -1.26. The molecule has 1 fully saturated rings. The molecule has 1 heterocycles. The molecule has 2 amide bonds. The van der Waals surface area contributed by atoms with Crippen molar-refractivity contribution in [1.82, 2.24) is 9.80 Å². The van der Waals surface area contributed by atoms with Crippen molar-refractivity contribution in [3.8, 4) is 0 Å². The van der Waals surface area contributed by atoms with Gasteiger partial charge < -0.3 is 14.9 Å². The Bertz CT molecular complexity index is 332. The highest BCUT2D eigenvalue weighted by Crippen LogP contribution is 2.30. The number of aliphatic carboxylic acids is 1. The van der Waals surface area contributed by atoms with Gasteiger partial charge in [0.2, 0.25) is 0 Å². The van der Waals surface area contributed by atoms with Crippen LogP contribution in [0.2, 0.25) is 0 Å². The smallest absolute Gasteiger partial charge is 0.319 e. The highest BCUT2D eigenvalue weighted by Gasteiger charge is 2.42. The van der Waals surface area contributed by atoms with Crippen LogP contribution < -0.4 is 0 Å².